The minimum atomic E-state index is -4.84. The summed E-state index contributed by atoms with van der Waals surface area (Å²) in [6.45, 7) is 9.33. The van der Waals surface area contributed by atoms with E-state index < -0.39 is 56.8 Å². The third kappa shape index (κ3) is 9.84. The minimum absolute atomic E-state index is 0.0376. The van der Waals surface area contributed by atoms with E-state index in [0.717, 1.165) is 6.07 Å². The maximum Gasteiger partial charge on any atom is 0.424 e. The third-order valence-corrected chi connectivity index (χ3v) is 10.1. The second-order valence-corrected chi connectivity index (χ2v) is 15.2. The number of carbonyl (C=O) groups is 3. The quantitative estimate of drug-likeness (QED) is 0.0393. The normalized spacial score (nSPS) is 14.2. The summed E-state index contributed by atoms with van der Waals surface area (Å²) < 4.78 is 39.4. The predicted octanol–water partition coefficient (Wildman–Crippen LogP) is 5.74. The van der Waals surface area contributed by atoms with Crippen LogP contribution < -0.4 is 10.4 Å². The molecule has 1 unspecified atom stereocenters. The van der Waals surface area contributed by atoms with Crippen LogP contribution in [0.1, 0.15) is 73.4 Å². The van der Waals surface area contributed by atoms with E-state index >= 15 is 0 Å². The number of rotatable bonds is 14. The Hall–Kier alpha value is -5.69. The SMILES string of the molecule is CCN(CC)/[N+]([O-])=N/OCOC(=O)c1cccc(CN(C(=O)OC(C)(C)C)S(=O)(=O)c2cc(C(=O)NN3c4ccc([N+](=O)[O-])cc4CC3C)ccc2Cl)c1. The van der Waals surface area contributed by atoms with Crippen LogP contribution in [0, 0.1) is 15.3 Å². The summed E-state index contributed by atoms with van der Waals surface area (Å²) in [5.41, 5.74) is 2.70. The highest BCUT2D eigenvalue weighted by molar-refractivity contribution is 7.89. The van der Waals surface area contributed by atoms with Gasteiger partial charge >= 0.3 is 12.1 Å². The number of benzene rings is 3. The van der Waals surface area contributed by atoms with Gasteiger partial charge in [-0.15, -0.1) is 5.01 Å². The molecule has 0 aromatic heterocycles. The summed E-state index contributed by atoms with van der Waals surface area (Å²) >= 11 is 6.39. The maximum atomic E-state index is 14.2. The molecule has 0 bridgehead atoms. The zero-order valence-corrected chi connectivity index (χ0v) is 31.9. The molecule has 0 fully saturated rings. The van der Waals surface area contributed by atoms with Crippen molar-refractivity contribution in [2.45, 2.75) is 71.0 Å². The standard InChI is InChI=1S/C34H40ClN7O11S/c1-7-38(8-2)42(48)37-52-21-51-32(44)25-11-9-10-23(17-25)20-39(33(45)53-34(4,5)6)54(49,50)30-19-24(12-14-28(30)35)31(43)36-40-22(3)16-26-18-27(41(46)47)13-15-29(26)40/h9-15,17-19,22H,7-8,16,20-21H2,1-6H3,(H,36,43)/b42-37-. The van der Waals surface area contributed by atoms with E-state index in [1.807, 2.05) is 0 Å². The van der Waals surface area contributed by atoms with E-state index in [-0.39, 0.29) is 38.4 Å². The van der Waals surface area contributed by atoms with Crippen molar-refractivity contribution in [3.63, 3.8) is 0 Å². The minimum Gasteiger partial charge on any atom is -0.569 e. The van der Waals surface area contributed by atoms with E-state index in [9.17, 15) is 38.1 Å². The van der Waals surface area contributed by atoms with Gasteiger partial charge in [-0.05, 0) is 95.5 Å². The van der Waals surface area contributed by atoms with Crippen LogP contribution >= 0.6 is 11.6 Å². The fourth-order valence-electron chi connectivity index (χ4n) is 5.31. The van der Waals surface area contributed by atoms with Crippen LogP contribution in [0.25, 0.3) is 0 Å². The van der Waals surface area contributed by atoms with Gasteiger partial charge in [0.05, 0.1) is 51.8 Å². The molecule has 1 aliphatic rings. The Morgan fingerprint density at radius 3 is 2.39 bits per heavy atom. The molecule has 2 amide bonds. The zero-order chi connectivity index (χ0) is 40.0. The van der Waals surface area contributed by atoms with Gasteiger partial charge < -0.3 is 19.5 Å². The average Bonchev–Trinajstić information content (AvgIpc) is 3.42. The molecule has 3 aromatic carbocycles. The highest BCUT2D eigenvalue weighted by atomic mass is 35.5. The number of non-ortho nitro benzene ring substituents is 1. The van der Waals surface area contributed by atoms with Crippen LogP contribution in [-0.4, -0.2) is 77.1 Å². The number of ether oxygens (including phenoxy) is 2. The first-order valence-electron chi connectivity index (χ1n) is 16.6. The Balaban J connectivity index is 1.59. The van der Waals surface area contributed by atoms with E-state index in [2.05, 4.69) is 10.7 Å². The summed E-state index contributed by atoms with van der Waals surface area (Å²) in [7, 11) is -4.84. The molecule has 0 saturated heterocycles. The van der Waals surface area contributed by atoms with Crippen molar-refractivity contribution in [3.05, 3.63) is 103 Å². The number of amides is 2. The van der Waals surface area contributed by atoms with Crippen molar-refractivity contribution in [2.75, 3.05) is 24.9 Å². The van der Waals surface area contributed by atoms with Crippen molar-refractivity contribution >= 4 is 51.0 Å². The topological polar surface area (TPSA) is 216 Å². The number of carbonyl (C=O) groups excluding carboxylic acids is 3. The number of hydrazine groups is 2. The van der Waals surface area contributed by atoms with Gasteiger partial charge in [-0.3, -0.25) is 25.3 Å². The van der Waals surface area contributed by atoms with Gasteiger partial charge in [-0.25, -0.2) is 18.0 Å². The number of esters is 1. The largest absolute Gasteiger partial charge is 0.569 e. The second-order valence-electron chi connectivity index (χ2n) is 12.9. The first-order valence-corrected chi connectivity index (χ1v) is 18.4. The van der Waals surface area contributed by atoms with Crippen LogP contribution in [0.5, 0.6) is 0 Å². The number of anilines is 1. The van der Waals surface area contributed by atoms with Crippen molar-refractivity contribution < 1.29 is 47.0 Å². The fraction of sp³-hybridized carbons (Fsp3) is 0.382. The molecule has 0 spiro atoms. The summed E-state index contributed by atoms with van der Waals surface area (Å²) in [6, 6.07) is 13.0. The Labute approximate surface area is 316 Å². The summed E-state index contributed by atoms with van der Waals surface area (Å²) in [5, 5.41) is 29.0. The zero-order valence-electron chi connectivity index (χ0n) is 30.3. The Bertz CT molecular complexity index is 2050. The van der Waals surface area contributed by atoms with E-state index in [1.165, 1.54) is 64.6 Å². The molecular formula is C34H40ClN7O11S. The van der Waals surface area contributed by atoms with Gasteiger partial charge in [0.2, 0.25) is 5.28 Å². The molecule has 20 heteroatoms. The van der Waals surface area contributed by atoms with E-state index in [1.54, 1.807) is 41.5 Å². The van der Waals surface area contributed by atoms with Crippen molar-refractivity contribution in [3.8, 4) is 0 Å². The Morgan fingerprint density at radius 1 is 1.04 bits per heavy atom. The third-order valence-electron chi connectivity index (χ3n) is 7.90. The van der Waals surface area contributed by atoms with Gasteiger partial charge in [0.25, 0.3) is 28.4 Å². The van der Waals surface area contributed by atoms with Crippen LogP contribution in [0.3, 0.4) is 0 Å². The van der Waals surface area contributed by atoms with Gasteiger partial charge in [0.15, 0.2) is 0 Å². The number of nitrogens with one attached hydrogen (secondary N) is 1. The van der Waals surface area contributed by atoms with Gasteiger partial charge in [-0.1, -0.05) is 23.7 Å². The summed E-state index contributed by atoms with van der Waals surface area (Å²) in [5.74, 6) is -1.61. The molecule has 3 aromatic rings. The molecule has 290 valence electrons. The molecule has 1 heterocycles. The van der Waals surface area contributed by atoms with Gasteiger partial charge in [-0.2, -0.15) is 4.31 Å². The van der Waals surface area contributed by atoms with Crippen molar-refractivity contribution in [1.82, 2.24) is 14.7 Å². The Morgan fingerprint density at radius 2 is 1.74 bits per heavy atom. The van der Waals surface area contributed by atoms with Crippen LogP contribution in [0.15, 0.2) is 70.8 Å². The smallest absolute Gasteiger partial charge is 0.424 e. The number of halogens is 1. The van der Waals surface area contributed by atoms with Gasteiger partial charge in [0, 0.05) is 17.7 Å². The van der Waals surface area contributed by atoms with E-state index in [4.69, 9.17) is 25.9 Å². The fourth-order valence-corrected chi connectivity index (χ4v) is 7.10. The molecule has 1 atom stereocenters. The average molecular weight is 790 g/mol. The molecule has 4 rings (SSSR count). The summed E-state index contributed by atoms with van der Waals surface area (Å²) in [6.07, 6.45) is -0.856. The van der Waals surface area contributed by atoms with Gasteiger partial charge in [0.1, 0.15) is 10.5 Å². The molecule has 1 N–H and O–H groups in total. The number of hydrogen-bond acceptors (Lipinski definition) is 13. The first kappa shape index (κ1) is 41.1. The maximum absolute atomic E-state index is 14.2. The van der Waals surface area contributed by atoms with Crippen molar-refractivity contribution in [2.24, 2.45) is 5.28 Å². The lowest BCUT2D eigenvalue weighted by molar-refractivity contribution is -0.710. The number of hydrogen-bond donors (Lipinski definition) is 1. The number of nitro benzene ring substituents is 1. The molecular weight excluding hydrogens is 750 g/mol. The number of sulfonamides is 1. The first-order chi connectivity index (χ1) is 25.4. The Kier molecular flexibility index (Phi) is 12.9. The monoisotopic (exact) mass is 789 g/mol. The molecule has 0 saturated carbocycles. The molecule has 54 heavy (non-hydrogen) atoms. The van der Waals surface area contributed by atoms with Crippen molar-refractivity contribution in [1.29, 1.82) is 0 Å². The van der Waals surface area contributed by atoms with Crippen LogP contribution in [0.4, 0.5) is 16.2 Å². The molecule has 18 nitrogen and oxygen atoms in total. The second kappa shape index (κ2) is 17.0. The lowest BCUT2D eigenvalue weighted by atomic mass is 10.1. The lowest BCUT2D eigenvalue weighted by Gasteiger charge is -2.28. The van der Waals surface area contributed by atoms with E-state index in [0.29, 0.717) is 35.1 Å². The number of fused-ring (bicyclic) bond motifs is 1. The summed E-state index contributed by atoms with van der Waals surface area (Å²) in [4.78, 5) is 54.9. The molecule has 0 aliphatic carbocycles. The number of nitrogens with zero attached hydrogens (tertiary/aromatic N) is 6. The lowest BCUT2D eigenvalue weighted by Crippen LogP contribution is -2.45. The van der Waals surface area contributed by atoms with Crippen LogP contribution in [-0.2, 0) is 37.3 Å². The highest BCUT2D eigenvalue weighted by Crippen LogP contribution is 2.34. The highest BCUT2D eigenvalue weighted by Gasteiger charge is 2.36. The molecule has 1 aliphatic heterocycles. The number of nitro groups is 1. The van der Waals surface area contributed by atoms with Crippen LogP contribution in [0.2, 0.25) is 5.02 Å². The predicted molar refractivity (Wildman–Crippen MR) is 193 cm³/mol. The molecule has 0 radical (unpaired) electrons.